The molecule has 0 N–H and O–H groups in total. The Hall–Kier alpha value is -0.0500. The summed E-state index contributed by atoms with van der Waals surface area (Å²) in [5.41, 5.74) is 0. The predicted molar refractivity (Wildman–Crippen MR) is 67.3 cm³/mol. The van der Waals surface area contributed by atoms with Gasteiger partial charge < -0.3 is 18.9 Å². The minimum atomic E-state index is -3.57. The van der Waals surface area contributed by atoms with Gasteiger partial charge in [0.05, 0.1) is 13.2 Å². The summed E-state index contributed by atoms with van der Waals surface area (Å²) in [6.45, 7) is 2.02. The van der Waals surface area contributed by atoms with Gasteiger partial charge in [-0.3, -0.25) is 13.6 Å². The van der Waals surface area contributed by atoms with E-state index in [-0.39, 0.29) is 13.2 Å². The third kappa shape index (κ3) is 3.08. The van der Waals surface area contributed by atoms with Gasteiger partial charge in [0.2, 0.25) is 0 Å². The van der Waals surface area contributed by atoms with Crippen molar-refractivity contribution >= 4 is 7.82 Å². The molecule has 2 fully saturated rings. The Morgan fingerprint density at radius 1 is 1.15 bits per heavy atom. The molecule has 2 aliphatic rings. The molecule has 0 amide bonds. The fourth-order valence-electron chi connectivity index (χ4n) is 2.42. The van der Waals surface area contributed by atoms with Crippen LogP contribution in [-0.2, 0) is 37.1 Å². The third-order valence-corrected chi connectivity index (χ3v) is 4.84. The summed E-state index contributed by atoms with van der Waals surface area (Å²) in [5, 5.41) is 0. The van der Waals surface area contributed by atoms with E-state index < -0.39 is 38.5 Å². The lowest BCUT2D eigenvalue weighted by atomic mass is 9.99. The monoisotopic (exact) mass is 312 g/mol. The van der Waals surface area contributed by atoms with E-state index in [0.29, 0.717) is 0 Å². The van der Waals surface area contributed by atoms with Crippen LogP contribution < -0.4 is 0 Å². The van der Waals surface area contributed by atoms with Gasteiger partial charge in [-0.05, 0) is 6.92 Å². The number of phosphoric ester groups is 1. The van der Waals surface area contributed by atoms with Crippen LogP contribution in [0.3, 0.4) is 0 Å². The molecule has 6 atom stereocenters. The summed E-state index contributed by atoms with van der Waals surface area (Å²) in [6.07, 6.45) is -2.68. The molecule has 2 rings (SSSR count). The highest BCUT2D eigenvalue weighted by Crippen LogP contribution is 2.55. The smallest absolute Gasteiger partial charge is 0.376 e. The zero-order valence-corrected chi connectivity index (χ0v) is 12.9. The molecule has 0 aromatic carbocycles. The van der Waals surface area contributed by atoms with Crippen LogP contribution in [-0.4, -0.2) is 65.2 Å². The van der Waals surface area contributed by atoms with Gasteiger partial charge in [0, 0.05) is 21.3 Å². The van der Waals surface area contributed by atoms with E-state index in [1.807, 2.05) is 0 Å². The molecule has 20 heavy (non-hydrogen) atoms. The van der Waals surface area contributed by atoms with Crippen LogP contribution in [0.2, 0.25) is 0 Å². The Morgan fingerprint density at radius 3 is 2.40 bits per heavy atom. The van der Waals surface area contributed by atoms with Crippen LogP contribution in [0, 0.1) is 0 Å². The molecule has 0 spiro atoms. The van der Waals surface area contributed by atoms with Crippen LogP contribution in [0.4, 0.5) is 0 Å². The molecule has 0 saturated carbocycles. The van der Waals surface area contributed by atoms with E-state index in [0.717, 1.165) is 0 Å². The van der Waals surface area contributed by atoms with Crippen molar-refractivity contribution < 1.29 is 37.1 Å². The number of methoxy groups -OCH3 is 3. The second-order valence-electron chi connectivity index (χ2n) is 4.41. The van der Waals surface area contributed by atoms with Crippen molar-refractivity contribution in [3.63, 3.8) is 0 Å². The normalized spacial score (nSPS) is 45.1. The van der Waals surface area contributed by atoms with E-state index in [9.17, 15) is 4.57 Å². The molecule has 0 aliphatic carbocycles. The first-order valence-corrected chi connectivity index (χ1v) is 7.86. The van der Waals surface area contributed by atoms with E-state index in [2.05, 4.69) is 0 Å². The van der Waals surface area contributed by atoms with Crippen molar-refractivity contribution in [2.75, 3.05) is 34.5 Å². The summed E-state index contributed by atoms with van der Waals surface area (Å²) in [5.74, 6) is 0. The first-order valence-electron chi connectivity index (χ1n) is 6.40. The second kappa shape index (κ2) is 6.81. The Labute approximate surface area is 118 Å². The SMILES string of the molecule is CCO[P@@]1(=O)OC[C@H]2O[C@H](OC)[C@H](OC)[C@@H](OC)[C@@H]2O1. The van der Waals surface area contributed by atoms with Crippen LogP contribution >= 0.6 is 7.82 Å². The molecule has 0 aromatic heterocycles. The summed E-state index contributed by atoms with van der Waals surface area (Å²) in [4.78, 5) is 0. The van der Waals surface area contributed by atoms with E-state index in [1.54, 1.807) is 6.92 Å². The second-order valence-corrected chi connectivity index (χ2v) is 6.03. The molecule has 0 bridgehead atoms. The zero-order chi connectivity index (χ0) is 14.8. The topological polar surface area (TPSA) is 81.7 Å². The average molecular weight is 312 g/mol. The highest BCUT2D eigenvalue weighted by molar-refractivity contribution is 7.48. The largest absolute Gasteiger partial charge is 0.475 e. The number of hydrogen-bond acceptors (Lipinski definition) is 8. The summed E-state index contributed by atoms with van der Waals surface area (Å²) < 4.78 is 49.6. The van der Waals surface area contributed by atoms with Crippen molar-refractivity contribution in [3.05, 3.63) is 0 Å². The van der Waals surface area contributed by atoms with E-state index in [4.69, 9.17) is 32.5 Å². The Morgan fingerprint density at radius 2 is 1.85 bits per heavy atom. The van der Waals surface area contributed by atoms with Crippen LogP contribution in [0.5, 0.6) is 0 Å². The number of fused-ring (bicyclic) bond motifs is 1. The average Bonchev–Trinajstić information content (AvgIpc) is 2.45. The first-order chi connectivity index (χ1) is 9.58. The van der Waals surface area contributed by atoms with Gasteiger partial charge in [-0.1, -0.05) is 0 Å². The molecule has 118 valence electrons. The van der Waals surface area contributed by atoms with Crippen molar-refractivity contribution in [1.29, 1.82) is 0 Å². The fraction of sp³-hybridized carbons (Fsp3) is 1.00. The molecular weight excluding hydrogens is 291 g/mol. The molecule has 2 saturated heterocycles. The maximum atomic E-state index is 12.2. The van der Waals surface area contributed by atoms with Crippen molar-refractivity contribution in [1.82, 2.24) is 0 Å². The molecule has 2 aliphatic heterocycles. The third-order valence-electron chi connectivity index (χ3n) is 3.30. The summed E-state index contributed by atoms with van der Waals surface area (Å²) in [6, 6.07) is 0. The van der Waals surface area contributed by atoms with Crippen molar-refractivity contribution in [2.24, 2.45) is 0 Å². The Bertz CT molecular complexity index is 364. The van der Waals surface area contributed by atoms with Crippen molar-refractivity contribution in [3.8, 4) is 0 Å². The standard InChI is InChI=1S/C11H21O8P/c1-5-16-20(12)17-6-7-8(19-20)9(13-2)10(14-3)11(15-4)18-7/h7-11H,5-6H2,1-4H3/t7-,8-,9+,10-,11+,20+/m1/s1. The highest BCUT2D eigenvalue weighted by atomic mass is 31.2. The number of phosphoric acid groups is 1. The van der Waals surface area contributed by atoms with Gasteiger partial charge in [-0.2, -0.15) is 0 Å². The number of rotatable bonds is 5. The maximum absolute atomic E-state index is 12.2. The molecule has 2 heterocycles. The highest BCUT2D eigenvalue weighted by Gasteiger charge is 2.54. The lowest BCUT2D eigenvalue weighted by molar-refractivity contribution is -0.307. The van der Waals surface area contributed by atoms with Gasteiger partial charge in [-0.25, -0.2) is 4.57 Å². The lowest BCUT2D eigenvalue weighted by Crippen LogP contribution is -2.62. The van der Waals surface area contributed by atoms with Crippen LogP contribution in [0.1, 0.15) is 6.92 Å². The first kappa shape index (κ1) is 16.3. The van der Waals surface area contributed by atoms with Gasteiger partial charge in [0.25, 0.3) is 0 Å². The van der Waals surface area contributed by atoms with Gasteiger partial charge >= 0.3 is 7.82 Å². The van der Waals surface area contributed by atoms with Gasteiger partial charge in [0.1, 0.15) is 24.4 Å². The minimum absolute atomic E-state index is 0.0814. The molecule has 0 radical (unpaired) electrons. The summed E-state index contributed by atoms with van der Waals surface area (Å²) in [7, 11) is 0.984. The Kier molecular flexibility index (Phi) is 5.56. The molecule has 9 heteroatoms. The zero-order valence-electron chi connectivity index (χ0n) is 12.0. The molecule has 8 nitrogen and oxygen atoms in total. The molecule has 0 aromatic rings. The maximum Gasteiger partial charge on any atom is 0.475 e. The molecular formula is C11H21O8P. The lowest BCUT2D eigenvalue weighted by Gasteiger charge is -2.47. The van der Waals surface area contributed by atoms with E-state index >= 15 is 0 Å². The number of ether oxygens (including phenoxy) is 4. The van der Waals surface area contributed by atoms with Gasteiger partial charge in [0.15, 0.2) is 6.29 Å². The predicted octanol–water partition coefficient (Wildman–Crippen LogP) is 0.948. The van der Waals surface area contributed by atoms with Crippen LogP contribution in [0.25, 0.3) is 0 Å². The fourth-order valence-corrected chi connectivity index (χ4v) is 3.81. The minimum Gasteiger partial charge on any atom is -0.376 e. The quantitative estimate of drug-likeness (QED) is 0.694. The molecule has 0 unspecified atom stereocenters. The summed E-state index contributed by atoms with van der Waals surface area (Å²) >= 11 is 0. The Balaban J connectivity index is 2.18. The van der Waals surface area contributed by atoms with Crippen molar-refractivity contribution in [2.45, 2.75) is 37.6 Å². The van der Waals surface area contributed by atoms with Gasteiger partial charge in [-0.15, -0.1) is 0 Å². The van der Waals surface area contributed by atoms with Crippen LogP contribution in [0.15, 0.2) is 0 Å². The van der Waals surface area contributed by atoms with E-state index in [1.165, 1.54) is 21.3 Å². The number of hydrogen-bond donors (Lipinski definition) is 0.